The molecule has 28 heavy (non-hydrogen) atoms. The minimum Gasteiger partial charge on any atom is -0.478 e. The average Bonchev–Trinajstić information content (AvgIpc) is 2.68. The number of carboxylic acid groups (broad SMARTS) is 4. The summed E-state index contributed by atoms with van der Waals surface area (Å²) in [7, 11) is 0. The molecule has 0 radical (unpaired) electrons. The van der Waals surface area contributed by atoms with E-state index >= 15 is 0 Å². The van der Waals surface area contributed by atoms with Gasteiger partial charge in [-0.3, -0.25) is 0 Å². The van der Waals surface area contributed by atoms with Gasteiger partial charge < -0.3 is 40.9 Å². The molecule has 8 N–H and O–H groups in total. The first kappa shape index (κ1) is 35.7. The summed E-state index contributed by atoms with van der Waals surface area (Å²) in [5.41, 5.74) is 0. The Kier molecular flexibility index (Phi) is 36.3. The van der Waals surface area contributed by atoms with Gasteiger partial charge in [-0.2, -0.15) is 0 Å². The third kappa shape index (κ3) is 66.3. The summed E-state index contributed by atoms with van der Waals surface area (Å²) in [6, 6.07) is 0. The Morgan fingerprint density at radius 3 is 0.714 bits per heavy atom. The van der Waals surface area contributed by atoms with Gasteiger partial charge in [-0.05, 0) is 0 Å². The second kappa shape index (κ2) is 28.5. The molecule has 12 nitrogen and oxygen atoms in total. The highest BCUT2D eigenvalue weighted by Gasteiger charge is 2.12. The maximum absolute atomic E-state index is 9.25. The van der Waals surface area contributed by atoms with Crippen LogP contribution < -0.4 is 0 Å². The minimum absolute atomic E-state index is 0.526. The summed E-state index contributed by atoms with van der Waals surface area (Å²) in [4.78, 5) is 37.0. The van der Waals surface area contributed by atoms with E-state index in [4.69, 9.17) is 40.9 Å². The van der Waals surface area contributed by atoms with Crippen molar-refractivity contribution in [2.24, 2.45) is 0 Å². The van der Waals surface area contributed by atoms with Gasteiger partial charge in [0, 0.05) is 24.3 Å². The molecule has 0 saturated heterocycles. The monoisotopic (exact) mass is 410 g/mol. The van der Waals surface area contributed by atoms with Crippen molar-refractivity contribution in [1.29, 1.82) is 0 Å². The Morgan fingerprint density at radius 1 is 0.571 bits per heavy atom. The van der Waals surface area contributed by atoms with Crippen molar-refractivity contribution in [2.75, 3.05) is 13.2 Å². The van der Waals surface area contributed by atoms with Gasteiger partial charge in [0.2, 0.25) is 0 Å². The van der Waals surface area contributed by atoms with Gasteiger partial charge in [-0.15, -0.1) is 0 Å². The zero-order chi connectivity index (χ0) is 23.7. The predicted octanol–water partition coefficient (Wildman–Crippen LogP) is -1.28. The predicted molar refractivity (Wildman–Crippen MR) is 97.5 cm³/mol. The Labute approximate surface area is 160 Å². The molecule has 0 spiro atoms. The van der Waals surface area contributed by atoms with Gasteiger partial charge >= 0.3 is 23.9 Å². The number of aliphatic hydroxyl groups excluding tert-OH is 4. The van der Waals surface area contributed by atoms with Crippen molar-refractivity contribution in [2.45, 2.75) is 12.2 Å². The Morgan fingerprint density at radius 2 is 0.679 bits per heavy atom. The van der Waals surface area contributed by atoms with Gasteiger partial charge in [0.25, 0.3) is 0 Å². The van der Waals surface area contributed by atoms with E-state index in [-0.39, 0.29) is 0 Å². The van der Waals surface area contributed by atoms with Crippen molar-refractivity contribution < 1.29 is 60.0 Å². The van der Waals surface area contributed by atoms with Crippen LogP contribution in [0.5, 0.6) is 0 Å². The molecule has 0 amide bonds. The molecular formula is C16H26O12. The van der Waals surface area contributed by atoms with Crippen molar-refractivity contribution in [3.63, 3.8) is 0 Å². The maximum Gasteiger partial charge on any atom is 0.327 e. The summed E-state index contributed by atoms with van der Waals surface area (Å²) in [5.74, 6) is -3.93. The Bertz CT molecular complexity index is 404. The molecule has 12 heteroatoms. The molecular weight excluding hydrogens is 384 g/mol. The van der Waals surface area contributed by atoms with E-state index in [1.165, 1.54) is 0 Å². The number of aliphatic carboxylic acids is 4. The molecule has 0 aliphatic rings. The topological polar surface area (TPSA) is 230 Å². The van der Waals surface area contributed by atoms with E-state index in [0.29, 0.717) is 0 Å². The highest BCUT2D eigenvalue weighted by molar-refractivity contribution is 5.79. The Hall–Kier alpha value is -3.32. The van der Waals surface area contributed by atoms with Gasteiger partial charge in [-0.1, -0.05) is 26.3 Å². The van der Waals surface area contributed by atoms with Gasteiger partial charge in [-0.25, -0.2) is 19.2 Å². The third-order valence-electron chi connectivity index (χ3n) is 1.52. The SMILES string of the molecule is C=CC(=O)O.C=CC(=O)O.C=CC(=O)O.C=CC(=O)O.OCC(O)C(O)CO. The fraction of sp³-hybridized carbons (Fsp3) is 0.250. The first-order valence-corrected chi connectivity index (χ1v) is 6.80. The van der Waals surface area contributed by atoms with E-state index in [9.17, 15) is 19.2 Å². The van der Waals surface area contributed by atoms with E-state index < -0.39 is 49.3 Å². The van der Waals surface area contributed by atoms with Crippen LogP contribution >= 0.6 is 0 Å². The van der Waals surface area contributed by atoms with Crippen LogP contribution in [0.3, 0.4) is 0 Å². The summed E-state index contributed by atoms with van der Waals surface area (Å²) >= 11 is 0. The van der Waals surface area contributed by atoms with Crippen LogP contribution in [0.15, 0.2) is 50.6 Å². The average molecular weight is 410 g/mol. The van der Waals surface area contributed by atoms with E-state index in [1.807, 2.05) is 0 Å². The van der Waals surface area contributed by atoms with Gasteiger partial charge in [0.05, 0.1) is 13.2 Å². The Balaban J connectivity index is -0.0000000802. The van der Waals surface area contributed by atoms with Crippen LogP contribution in [0, 0.1) is 0 Å². The molecule has 0 heterocycles. The summed E-state index contributed by atoms with van der Waals surface area (Å²) in [5, 5.41) is 63.6. The lowest BCUT2D eigenvalue weighted by atomic mass is 10.2. The largest absolute Gasteiger partial charge is 0.478 e. The van der Waals surface area contributed by atoms with Crippen molar-refractivity contribution >= 4 is 23.9 Å². The number of carboxylic acids is 4. The zero-order valence-corrected chi connectivity index (χ0v) is 14.9. The quantitative estimate of drug-likeness (QED) is 0.229. The standard InChI is InChI=1S/C4H10O4.4C3H4O2/c5-1-3(7)4(8)2-6;4*1-2-3(4)5/h3-8H,1-2H2;4*2H,1H2,(H,4,5). The van der Waals surface area contributed by atoms with Crippen LogP contribution in [-0.2, 0) is 19.2 Å². The normalized spacial score (nSPS) is 9.71. The zero-order valence-electron chi connectivity index (χ0n) is 14.9. The lowest BCUT2D eigenvalue weighted by molar-refractivity contribution is -0.132. The third-order valence-corrected chi connectivity index (χ3v) is 1.52. The number of hydrogen-bond donors (Lipinski definition) is 8. The van der Waals surface area contributed by atoms with Crippen LogP contribution in [0.25, 0.3) is 0 Å². The summed E-state index contributed by atoms with van der Waals surface area (Å²) < 4.78 is 0. The first-order chi connectivity index (χ1) is 12.8. The molecule has 0 aliphatic carbocycles. The van der Waals surface area contributed by atoms with E-state index in [2.05, 4.69) is 26.3 Å². The molecule has 162 valence electrons. The highest BCUT2D eigenvalue weighted by Crippen LogP contribution is 1.88. The number of hydrogen-bond acceptors (Lipinski definition) is 8. The number of aliphatic hydroxyl groups is 4. The first-order valence-electron chi connectivity index (χ1n) is 6.80. The molecule has 0 bridgehead atoms. The smallest absolute Gasteiger partial charge is 0.327 e. The second-order valence-electron chi connectivity index (χ2n) is 3.67. The fourth-order valence-corrected chi connectivity index (χ4v) is 0.243. The van der Waals surface area contributed by atoms with Crippen molar-refractivity contribution in [3.05, 3.63) is 50.6 Å². The van der Waals surface area contributed by atoms with Crippen LogP contribution in [-0.4, -0.2) is 90.2 Å². The molecule has 0 aromatic rings. The number of carbonyl (C=O) groups is 4. The lowest BCUT2D eigenvalue weighted by Gasteiger charge is -2.10. The second-order valence-corrected chi connectivity index (χ2v) is 3.67. The van der Waals surface area contributed by atoms with Gasteiger partial charge in [0.15, 0.2) is 0 Å². The van der Waals surface area contributed by atoms with Crippen molar-refractivity contribution in [3.8, 4) is 0 Å². The van der Waals surface area contributed by atoms with Crippen LogP contribution in [0.1, 0.15) is 0 Å². The fourth-order valence-electron chi connectivity index (χ4n) is 0.243. The molecule has 2 unspecified atom stereocenters. The minimum atomic E-state index is -1.22. The maximum atomic E-state index is 9.25. The summed E-state index contributed by atoms with van der Waals surface area (Å²) in [6.45, 7) is 10.8. The van der Waals surface area contributed by atoms with Crippen molar-refractivity contribution in [1.82, 2.24) is 0 Å². The molecule has 0 aromatic carbocycles. The summed E-state index contributed by atoms with van der Waals surface area (Å²) in [6.07, 6.45) is 0.889. The van der Waals surface area contributed by atoms with E-state index in [1.54, 1.807) is 0 Å². The molecule has 0 rings (SSSR count). The molecule has 2 atom stereocenters. The number of rotatable bonds is 7. The van der Waals surface area contributed by atoms with Crippen LogP contribution in [0.2, 0.25) is 0 Å². The highest BCUT2D eigenvalue weighted by atomic mass is 16.4. The van der Waals surface area contributed by atoms with Crippen LogP contribution in [0.4, 0.5) is 0 Å². The van der Waals surface area contributed by atoms with E-state index in [0.717, 1.165) is 24.3 Å². The lowest BCUT2D eigenvalue weighted by Crippen LogP contribution is -2.31. The van der Waals surface area contributed by atoms with Gasteiger partial charge in [0.1, 0.15) is 12.2 Å². The molecule has 0 aliphatic heterocycles. The molecule has 0 saturated carbocycles. The molecule has 0 aromatic heterocycles. The molecule has 0 fully saturated rings.